The van der Waals surface area contributed by atoms with Gasteiger partial charge >= 0.3 is 5.97 Å². The molecule has 0 spiro atoms. The first-order valence-electron chi connectivity index (χ1n) is 4.54. The van der Waals surface area contributed by atoms with Crippen molar-refractivity contribution >= 4 is 23.3 Å². The summed E-state index contributed by atoms with van der Waals surface area (Å²) in [4.78, 5) is 20.8. The van der Waals surface area contributed by atoms with Crippen molar-refractivity contribution < 1.29 is 14.5 Å². The summed E-state index contributed by atoms with van der Waals surface area (Å²) in [6, 6.07) is 3.93. The number of non-ortho nitro benzene ring substituents is 1. The number of carbonyl (C=O) groups is 1. The van der Waals surface area contributed by atoms with Gasteiger partial charge in [-0.15, -0.1) is 0 Å². The quantitative estimate of drug-likeness (QED) is 0.350. The van der Waals surface area contributed by atoms with E-state index >= 15 is 0 Å². The molecule has 1 aromatic carbocycles. The minimum Gasteiger partial charge on any atom is -0.468 e. The van der Waals surface area contributed by atoms with Gasteiger partial charge in [0.05, 0.1) is 17.1 Å². The molecule has 1 rings (SSSR count). The van der Waals surface area contributed by atoms with Gasteiger partial charge in [-0.25, -0.2) is 0 Å². The van der Waals surface area contributed by atoms with Gasteiger partial charge in [-0.1, -0.05) is 23.4 Å². The Morgan fingerprint density at radius 3 is 2.88 bits per heavy atom. The number of hydrogen-bond acceptors (Lipinski definition) is 4. The third-order valence-electron chi connectivity index (χ3n) is 1.84. The predicted octanol–water partition coefficient (Wildman–Crippen LogP) is 2.16. The second-order valence-corrected chi connectivity index (χ2v) is 3.38. The summed E-state index contributed by atoms with van der Waals surface area (Å²) in [5, 5.41) is 10.8. The van der Waals surface area contributed by atoms with Crippen LogP contribution in [0.4, 0.5) is 5.69 Å². The topological polar surface area (TPSA) is 69.4 Å². The Kier molecular flexibility index (Phi) is 4.49. The first kappa shape index (κ1) is 13.0. The van der Waals surface area contributed by atoms with Crippen LogP contribution in [0.3, 0.4) is 0 Å². The average molecular weight is 254 g/mol. The maximum Gasteiger partial charge on any atom is 0.317 e. The van der Waals surface area contributed by atoms with E-state index in [1.165, 1.54) is 25.3 Å². The van der Waals surface area contributed by atoms with Crippen LogP contribution >= 0.6 is 11.6 Å². The minimum absolute atomic E-state index is 0.0878. The molecule has 0 saturated carbocycles. The Bertz CT molecular complexity index is 516. The van der Waals surface area contributed by atoms with Crippen LogP contribution in [0.25, 0.3) is 0 Å². The van der Waals surface area contributed by atoms with Crippen molar-refractivity contribution in [3.05, 3.63) is 38.9 Å². The van der Waals surface area contributed by atoms with Gasteiger partial charge < -0.3 is 4.74 Å². The van der Waals surface area contributed by atoms with Gasteiger partial charge in [0.1, 0.15) is 6.42 Å². The molecule has 0 N–H and O–H groups in total. The zero-order chi connectivity index (χ0) is 12.8. The van der Waals surface area contributed by atoms with E-state index in [9.17, 15) is 14.9 Å². The molecule has 0 atom stereocenters. The van der Waals surface area contributed by atoms with Crippen LogP contribution in [0, 0.1) is 22.0 Å². The van der Waals surface area contributed by atoms with Crippen LogP contribution in [-0.4, -0.2) is 18.0 Å². The molecule has 5 nitrogen and oxygen atoms in total. The molecule has 0 aliphatic rings. The maximum atomic E-state index is 10.8. The number of methoxy groups -OCH3 is 1. The fourth-order valence-electron chi connectivity index (χ4n) is 1.01. The SMILES string of the molecule is COC(=O)CC#Cc1cc([N+](=O)[O-])ccc1Cl. The number of rotatable bonds is 2. The zero-order valence-corrected chi connectivity index (χ0v) is 9.65. The van der Waals surface area contributed by atoms with Crippen LogP contribution in [0.15, 0.2) is 18.2 Å². The number of nitro benzene ring substituents is 1. The van der Waals surface area contributed by atoms with E-state index in [1.54, 1.807) is 0 Å². The molecule has 0 fully saturated rings. The van der Waals surface area contributed by atoms with E-state index in [0.29, 0.717) is 10.6 Å². The smallest absolute Gasteiger partial charge is 0.317 e. The van der Waals surface area contributed by atoms with Crippen molar-refractivity contribution in [2.75, 3.05) is 7.11 Å². The van der Waals surface area contributed by atoms with Crippen LogP contribution in [0.5, 0.6) is 0 Å². The first-order valence-corrected chi connectivity index (χ1v) is 4.92. The van der Waals surface area contributed by atoms with Gasteiger partial charge in [0, 0.05) is 17.7 Å². The van der Waals surface area contributed by atoms with Gasteiger partial charge in [0.25, 0.3) is 5.69 Å². The number of benzene rings is 1. The summed E-state index contributed by atoms with van der Waals surface area (Å²) in [6.45, 7) is 0. The Morgan fingerprint density at radius 1 is 1.59 bits per heavy atom. The highest BCUT2D eigenvalue weighted by molar-refractivity contribution is 6.31. The van der Waals surface area contributed by atoms with Crippen LogP contribution in [-0.2, 0) is 9.53 Å². The highest BCUT2D eigenvalue weighted by atomic mass is 35.5. The van der Waals surface area contributed by atoms with Crippen molar-refractivity contribution in [3.8, 4) is 11.8 Å². The molecule has 1 aromatic rings. The summed E-state index contributed by atoms with van der Waals surface area (Å²) in [6.07, 6.45) is -0.0878. The zero-order valence-electron chi connectivity index (χ0n) is 8.90. The maximum absolute atomic E-state index is 10.8. The highest BCUT2D eigenvalue weighted by Crippen LogP contribution is 2.20. The van der Waals surface area contributed by atoms with Crippen LogP contribution < -0.4 is 0 Å². The number of carbonyl (C=O) groups excluding carboxylic acids is 1. The Labute approximate surface area is 102 Å². The summed E-state index contributed by atoms with van der Waals surface area (Å²) in [7, 11) is 1.25. The lowest BCUT2D eigenvalue weighted by molar-refractivity contribution is -0.384. The lowest BCUT2D eigenvalue weighted by atomic mass is 10.2. The first-order chi connectivity index (χ1) is 8.04. The van der Waals surface area contributed by atoms with Gasteiger partial charge in [0.2, 0.25) is 0 Å². The van der Waals surface area contributed by atoms with Gasteiger partial charge in [0.15, 0.2) is 0 Å². The minimum atomic E-state index is -0.540. The van der Waals surface area contributed by atoms with E-state index in [2.05, 4.69) is 16.6 Å². The van der Waals surface area contributed by atoms with Crippen molar-refractivity contribution in [2.45, 2.75) is 6.42 Å². The van der Waals surface area contributed by atoms with Crippen molar-refractivity contribution in [1.82, 2.24) is 0 Å². The molecule has 0 aliphatic heterocycles. The lowest BCUT2D eigenvalue weighted by Gasteiger charge is -1.96. The second-order valence-electron chi connectivity index (χ2n) is 2.98. The Morgan fingerprint density at radius 2 is 2.29 bits per heavy atom. The van der Waals surface area contributed by atoms with E-state index in [-0.39, 0.29) is 12.1 Å². The Balaban J connectivity index is 2.93. The summed E-state index contributed by atoms with van der Waals surface area (Å²) < 4.78 is 4.40. The molecule has 0 unspecified atom stereocenters. The number of nitro groups is 1. The van der Waals surface area contributed by atoms with Crippen LogP contribution in [0.2, 0.25) is 5.02 Å². The normalized spacial score (nSPS) is 9.06. The van der Waals surface area contributed by atoms with Crippen molar-refractivity contribution in [2.24, 2.45) is 0 Å². The second kappa shape index (κ2) is 5.87. The highest BCUT2D eigenvalue weighted by Gasteiger charge is 2.07. The van der Waals surface area contributed by atoms with Crippen molar-refractivity contribution in [1.29, 1.82) is 0 Å². The third-order valence-corrected chi connectivity index (χ3v) is 2.17. The number of hydrogen-bond donors (Lipinski definition) is 0. The molecular formula is C11H8ClNO4. The standard InChI is InChI=1S/C11H8ClNO4/c1-17-11(14)4-2-3-8-7-9(13(15)16)5-6-10(8)12/h5-7H,4H2,1H3. The van der Waals surface area contributed by atoms with E-state index < -0.39 is 10.9 Å². The summed E-state index contributed by atoms with van der Waals surface area (Å²) in [5.41, 5.74) is 0.210. The van der Waals surface area contributed by atoms with E-state index in [4.69, 9.17) is 11.6 Å². The fourth-order valence-corrected chi connectivity index (χ4v) is 1.17. The largest absolute Gasteiger partial charge is 0.468 e. The van der Waals surface area contributed by atoms with Gasteiger partial charge in [-0.05, 0) is 6.07 Å². The number of ether oxygens (including phenoxy) is 1. The molecule has 0 aliphatic carbocycles. The molecule has 6 heteroatoms. The fraction of sp³-hybridized carbons (Fsp3) is 0.182. The molecule has 0 heterocycles. The Hall–Kier alpha value is -2.06. The summed E-state index contributed by atoms with van der Waals surface area (Å²) >= 11 is 5.81. The van der Waals surface area contributed by atoms with E-state index in [1.807, 2.05) is 0 Å². The van der Waals surface area contributed by atoms with Gasteiger partial charge in [-0.3, -0.25) is 14.9 Å². The molecule has 0 bridgehead atoms. The molecule has 0 aromatic heterocycles. The molecule has 88 valence electrons. The van der Waals surface area contributed by atoms with E-state index in [0.717, 1.165) is 0 Å². The number of esters is 1. The molecule has 0 saturated heterocycles. The molecular weight excluding hydrogens is 246 g/mol. The number of halogens is 1. The monoisotopic (exact) mass is 253 g/mol. The number of nitrogens with zero attached hydrogens (tertiary/aromatic N) is 1. The summed E-state index contributed by atoms with van der Waals surface area (Å²) in [5.74, 6) is 4.64. The lowest BCUT2D eigenvalue weighted by Crippen LogP contribution is -1.97. The van der Waals surface area contributed by atoms with Gasteiger partial charge in [-0.2, -0.15) is 0 Å². The molecule has 17 heavy (non-hydrogen) atoms. The molecule has 0 radical (unpaired) electrons. The van der Waals surface area contributed by atoms with Crippen LogP contribution in [0.1, 0.15) is 12.0 Å². The average Bonchev–Trinajstić information content (AvgIpc) is 2.30. The predicted molar refractivity (Wildman–Crippen MR) is 61.6 cm³/mol. The molecule has 0 amide bonds. The van der Waals surface area contributed by atoms with Crippen molar-refractivity contribution in [3.63, 3.8) is 0 Å². The third kappa shape index (κ3) is 3.78.